The maximum absolute atomic E-state index is 12.0. The molecule has 4 heteroatoms. The topological polar surface area (TPSA) is 29.5 Å². The molecule has 3 rings (SSSR count). The second-order valence-electron chi connectivity index (χ2n) is 6.36. The standard InChI is InChI=1S/C22H20Cl2O2/c1-14-4-8-17(23)12-20(14)22(25,16-6-10-19(26-3)11-7-16)21-13-18(24)9-5-15(21)2/h4-13,25H,1-3H3. The van der Waals surface area contributed by atoms with Gasteiger partial charge < -0.3 is 9.84 Å². The van der Waals surface area contributed by atoms with E-state index >= 15 is 0 Å². The first-order chi connectivity index (χ1) is 12.4. The third kappa shape index (κ3) is 3.33. The molecule has 26 heavy (non-hydrogen) atoms. The first kappa shape index (κ1) is 18.8. The highest BCUT2D eigenvalue weighted by molar-refractivity contribution is 6.31. The molecule has 0 heterocycles. The lowest BCUT2D eigenvalue weighted by molar-refractivity contribution is 0.124. The van der Waals surface area contributed by atoms with E-state index in [0.717, 1.165) is 28.0 Å². The zero-order chi connectivity index (χ0) is 18.9. The average molecular weight is 387 g/mol. The summed E-state index contributed by atoms with van der Waals surface area (Å²) in [7, 11) is 1.61. The van der Waals surface area contributed by atoms with Gasteiger partial charge in [0.25, 0.3) is 0 Å². The highest BCUT2D eigenvalue weighted by Gasteiger charge is 2.36. The SMILES string of the molecule is COc1ccc(C(O)(c2cc(Cl)ccc2C)c2cc(Cl)ccc2C)cc1. The highest BCUT2D eigenvalue weighted by Crippen LogP contribution is 2.41. The first-order valence-corrected chi connectivity index (χ1v) is 9.02. The van der Waals surface area contributed by atoms with E-state index in [2.05, 4.69) is 0 Å². The van der Waals surface area contributed by atoms with Gasteiger partial charge in [0.15, 0.2) is 0 Å². The van der Waals surface area contributed by atoms with Crippen molar-refractivity contribution in [2.45, 2.75) is 19.4 Å². The van der Waals surface area contributed by atoms with Crippen molar-refractivity contribution in [2.75, 3.05) is 7.11 Å². The summed E-state index contributed by atoms with van der Waals surface area (Å²) in [5.41, 5.74) is 2.64. The molecule has 0 spiro atoms. The van der Waals surface area contributed by atoms with Crippen molar-refractivity contribution in [3.05, 3.63) is 98.5 Å². The minimum atomic E-state index is -1.39. The van der Waals surface area contributed by atoms with Crippen molar-refractivity contribution in [3.8, 4) is 5.75 Å². The molecule has 3 aromatic carbocycles. The number of aliphatic hydroxyl groups is 1. The molecule has 134 valence electrons. The van der Waals surface area contributed by atoms with Crippen LogP contribution >= 0.6 is 23.2 Å². The number of hydrogen-bond acceptors (Lipinski definition) is 2. The second kappa shape index (κ2) is 7.32. The Labute approximate surface area is 164 Å². The Morgan fingerprint density at radius 1 is 0.769 bits per heavy atom. The van der Waals surface area contributed by atoms with Gasteiger partial charge in [0.05, 0.1) is 7.11 Å². The molecule has 3 aromatic rings. The van der Waals surface area contributed by atoms with E-state index in [9.17, 15) is 5.11 Å². The van der Waals surface area contributed by atoms with E-state index in [1.807, 2.05) is 74.5 Å². The maximum Gasteiger partial charge on any atom is 0.141 e. The van der Waals surface area contributed by atoms with Crippen molar-refractivity contribution < 1.29 is 9.84 Å². The van der Waals surface area contributed by atoms with Gasteiger partial charge in [-0.3, -0.25) is 0 Å². The van der Waals surface area contributed by atoms with E-state index < -0.39 is 5.60 Å². The highest BCUT2D eigenvalue weighted by atomic mass is 35.5. The molecule has 0 radical (unpaired) electrons. The lowest BCUT2D eigenvalue weighted by atomic mass is 9.77. The first-order valence-electron chi connectivity index (χ1n) is 8.26. The van der Waals surface area contributed by atoms with Crippen LogP contribution in [0.5, 0.6) is 5.75 Å². The molecule has 0 fully saturated rings. The van der Waals surface area contributed by atoms with Crippen LogP contribution in [0.25, 0.3) is 0 Å². The average Bonchev–Trinajstić information content (AvgIpc) is 2.65. The molecule has 0 aliphatic heterocycles. The lowest BCUT2D eigenvalue weighted by Crippen LogP contribution is -2.30. The van der Waals surface area contributed by atoms with Gasteiger partial charge in [0, 0.05) is 10.0 Å². The number of hydrogen-bond donors (Lipinski definition) is 1. The van der Waals surface area contributed by atoms with Crippen LogP contribution in [-0.4, -0.2) is 12.2 Å². The van der Waals surface area contributed by atoms with E-state index in [1.165, 1.54) is 0 Å². The van der Waals surface area contributed by atoms with Gasteiger partial charge in [-0.2, -0.15) is 0 Å². The number of aryl methyl sites for hydroxylation is 2. The minimum absolute atomic E-state index is 0.567. The Kier molecular flexibility index (Phi) is 5.29. The number of benzene rings is 3. The normalized spacial score (nSPS) is 11.5. The maximum atomic E-state index is 12.0. The monoisotopic (exact) mass is 386 g/mol. The van der Waals surface area contributed by atoms with Crippen LogP contribution in [0.3, 0.4) is 0 Å². The largest absolute Gasteiger partial charge is 0.497 e. The Balaban J connectivity index is 2.34. The fourth-order valence-corrected chi connectivity index (χ4v) is 3.60. The number of halogens is 2. The van der Waals surface area contributed by atoms with Crippen molar-refractivity contribution in [1.29, 1.82) is 0 Å². The van der Waals surface area contributed by atoms with Gasteiger partial charge in [-0.1, -0.05) is 47.5 Å². The molecule has 0 saturated heterocycles. The molecular weight excluding hydrogens is 367 g/mol. The van der Waals surface area contributed by atoms with E-state index in [-0.39, 0.29) is 0 Å². The van der Waals surface area contributed by atoms with Gasteiger partial charge in [0.1, 0.15) is 11.4 Å². The summed E-state index contributed by atoms with van der Waals surface area (Å²) >= 11 is 12.5. The predicted molar refractivity (Wildman–Crippen MR) is 107 cm³/mol. The molecule has 0 atom stereocenters. The molecule has 0 aliphatic rings. The van der Waals surface area contributed by atoms with Crippen LogP contribution in [0.4, 0.5) is 0 Å². The molecule has 0 unspecified atom stereocenters. The van der Waals surface area contributed by atoms with Gasteiger partial charge in [0.2, 0.25) is 0 Å². The molecule has 0 aliphatic carbocycles. The third-order valence-corrected chi connectivity index (χ3v) is 5.16. The van der Waals surface area contributed by atoms with Crippen molar-refractivity contribution in [2.24, 2.45) is 0 Å². The van der Waals surface area contributed by atoms with Crippen LogP contribution < -0.4 is 4.74 Å². The van der Waals surface area contributed by atoms with Crippen LogP contribution in [0.1, 0.15) is 27.8 Å². The summed E-state index contributed by atoms with van der Waals surface area (Å²) < 4.78 is 5.26. The fourth-order valence-electron chi connectivity index (χ4n) is 3.26. The van der Waals surface area contributed by atoms with Gasteiger partial charge in [-0.15, -0.1) is 0 Å². The molecule has 1 N–H and O–H groups in total. The molecule has 0 saturated carbocycles. The van der Waals surface area contributed by atoms with Crippen molar-refractivity contribution in [1.82, 2.24) is 0 Å². The summed E-state index contributed by atoms with van der Waals surface area (Å²) in [4.78, 5) is 0. The fraction of sp³-hybridized carbons (Fsp3) is 0.182. The molecule has 0 amide bonds. The van der Waals surface area contributed by atoms with Gasteiger partial charge in [-0.05, 0) is 78.1 Å². The second-order valence-corrected chi connectivity index (χ2v) is 7.23. The Bertz CT molecular complexity index is 882. The summed E-state index contributed by atoms with van der Waals surface area (Å²) in [6.45, 7) is 3.92. The van der Waals surface area contributed by atoms with E-state index in [4.69, 9.17) is 27.9 Å². The van der Waals surface area contributed by atoms with E-state index in [1.54, 1.807) is 7.11 Å². The summed E-state index contributed by atoms with van der Waals surface area (Å²) in [6.07, 6.45) is 0. The Morgan fingerprint density at radius 2 is 1.23 bits per heavy atom. The number of rotatable bonds is 4. The van der Waals surface area contributed by atoms with Crippen LogP contribution in [0, 0.1) is 13.8 Å². The smallest absolute Gasteiger partial charge is 0.141 e. The summed E-state index contributed by atoms with van der Waals surface area (Å²) in [5.74, 6) is 0.724. The van der Waals surface area contributed by atoms with Gasteiger partial charge >= 0.3 is 0 Å². The summed E-state index contributed by atoms with van der Waals surface area (Å²) in [5, 5.41) is 13.2. The predicted octanol–water partition coefficient (Wildman–Crippen LogP) is 5.90. The van der Waals surface area contributed by atoms with Gasteiger partial charge in [-0.25, -0.2) is 0 Å². The summed E-state index contributed by atoms with van der Waals surface area (Å²) in [6, 6.07) is 18.5. The molecule has 0 aromatic heterocycles. The molecule has 0 bridgehead atoms. The van der Waals surface area contributed by atoms with Crippen molar-refractivity contribution in [3.63, 3.8) is 0 Å². The number of methoxy groups -OCH3 is 1. The lowest BCUT2D eigenvalue weighted by Gasteiger charge is -2.33. The van der Waals surface area contributed by atoms with Crippen LogP contribution in [0.15, 0.2) is 60.7 Å². The zero-order valence-corrected chi connectivity index (χ0v) is 16.4. The van der Waals surface area contributed by atoms with Crippen molar-refractivity contribution >= 4 is 23.2 Å². The van der Waals surface area contributed by atoms with Crippen LogP contribution in [0.2, 0.25) is 10.0 Å². The van der Waals surface area contributed by atoms with Crippen LogP contribution in [-0.2, 0) is 5.60 Å². The van der Waals surface area contributed by atoms with E-state index in [0.29, 0.717) is 15.6 Å². The number of ether oxygens (including phenoxy) is 1. The Hall–Kier alpha value is -2.00. The Morgan fingerprint density at radius 3 is 1.65 bits per heavy atom. The minimum Gasteiger partial charge on any atom is -0.497 e. The zero-order valence-electron chi connectivity index (χ0n) is 14.9. The molecule has 2 nitrogen and oxygen atoms in total. The quantitative estimate of drug-likeness (QED) is 0.565. The molecular formula is C22H20Cl2O2. The third-order valence-electron chi connectivity index (χ3n) is 4.69.